The Balaban J connectivity index is 1.63. The molecule has 1 aromatic heterocycles. The smallest absolute Gasteiger partial charge is 0.409 e. The Kier molecular flexibility index (Phi) is 8.73. The zero-order chi connectivity index (χ0) is 24.9. The van der Waals surface area contributed by atoms with Crippen molar-refractivity contribution in [3.63, 3.8) is 0 Å². The van der Waals surface area contributed by atoms with Crippen LogP contribution in [0.2, 0.25) is 25.7 Å². The second kappa shape index (κ2) is 11.3. The SMILES string of the molecule is C=C[C@H]1CN(C(=O)OCC[Si](C)(C)C)CC[C@H]1C[C@H](O)[C@@H](O)c1ccnc2ccc(OC)cc12. The van der Waals surface area contributed by atoms with E-state index in [0.29, 0.717) is 43.9 Å². The highest BCUT2D eigenvalue weighted by Gasteiger charge is 2.34. The molecular formula is C26H38N2O5Si. The molecule has 2 aromatic rings. The summed E-state index contributed by atoms with van der Waals surface area (Å²) < 4.78 is 10.8. The Morgan fingerprint density at radius 3 is 2.76 bits per heavy atom. The molecule has 34 heavy (non-hydrogen) atoms. The van der Waals surface area contributed by atoms with E-state index >= 15 is 0 Å². The maximum atomic E-state index is 12.5. The number of carbonyl (C=O) groups is 1. The van der Waals surface area contributed by atoms with Gasteiger partial charge < -0.3 is 24.6 Å². The molecule has 0 bridgehead atoms. The topological polar surface area (TPSA) is 92.1 Å². The number of aliphatic hydroxyl groups excluding tert-OH is 2. The third-order valence-corrected chi connectivity index (χ3v) is 8.36. The summed E-state index contributed by atoms with van der Waals surface area (Å²) in [5.74, 6) is 0.796. The Morgan fingerprint density at radius 1 is 1.32 bits per heavy atom. The van der Waals surface area contributed by atoms with Crippen molar-refractivity contribution in [1.82, 2.24) is 9.88 Å². The highest BCUT2D eigenvalue weighted by molar-refractivity contribution is 6.76. The van der Waals surface area contributed by atoms with E-state index in [-0.39, 0.29) is 17.9 Å². The minimum atomic E-state index is -1.26. The normalized spacial score (nSPS) is 20.6. The molecule has 8 heteroatoms. The predicted molar refractivity (Wildman–Crippen MR) is 137 cm³/mol. The summed E-state index contributed by atoms with van der Waals surface area (Å²) in [7, 11) is 0.330. The zero-order valence-electron chi connectivity index (χ0n) is 20.7. The molecule has 4 atom stereocenters. The summed E-state index contributed by atoms with van der Waals surface area (Å²) in [4.78, 5) is 18.6. The summed E-state index contributed by atoms with van der Waals surface area (Å²) >= 11 is 0. The lowest BCUT2D eigenvalue weighted by Gasteiger charge is -2.38. The molecule has 0 aliphatic carbocycles. The standard InChI is InChI=1S/C26H38N2O5Si/c1-6-18-17-28(26(31)33-13-14-34(3,4)5)12-10-19(18)15-24(29)25(30)21-9-11-27-23-8-7-20(32-2)16-22(21)23/h6-9,11,16,18-19,24-25,29-30H,1,10,12-15,17H2,2-5H3/t18-,19-,24-,25-/m0/s1. The number of hydrogen-bond donors (Lipinski definition) is 2. The number of amides is 1. The molecular weight excluding hydrogens is 448 g/mol. The molecule has 1 aromatic carbocycles. The van der Waals surface area contributed by atoms with Crippen molar-refractivity contribution in [1.29, 1.82) is 0 Å². The number of ether oxygens (including phenoxy) is 2. The van der Waals surface area contributed by atoms with Gasteiger partial charge in [0.05, 0.1) is 25.3 Å². The molecule has 1 saturated heterocycles. The molecule has 1 aliphatic heterocycles. The van der Waals surface area contributed by atoms with Crippen LogP contribution in [0.4, 0.5) is 4.79 Å². The Labute approximate surface area is 203 Å². The van der Waals surface area contributed by atoms with E-state index in [1.54, 1.807) is 24.3 Å². The van der Waals surface area contributed by atoms with Gasteiger partial charge in [0.2, 0.25) is 0 Å². The minimum absolute atomic E-state index is 0.0226. The number of aliphatic hydroxyl groups is 2. The number of pyridine rings is 1. The number of aromatic nitrogens is 1. The van der Waals surface area contributed by atoms with Crippen molar-refractivity contribution in [3.05, 3.63) is 48.7 Å². The number of hydrogen-bond acceptors (Lipinski definition) is 6. The van der Waals surface area contributed by atoms with Crippen LogP contribution in [0.3, 0.4) is 0 Å². The molecule has 0 saturated carbocycles. The van der Waals surface area contributed by atoms with Gasteiger partial charge in [0.1, 0.15) is 11.9 Å². The van der Waals surface area contributed by atoms with Crippen LogP contribution < -0.4 is 4.74 Å². The van der Waals surface area contributed by atoms with Gasteiger partial charge in [0.15, 0.2) is 0 Å². The van der Waals surface area contributed by atoms with Gasteiger partial charge in [-0.25, -0.2) is 4.79 Å². The molecule has 3 rings (SSSR count). The molecule has 0 radical (unpaired) electrons. The molecule has 2 heterocycles. The van der Waals surface area contributed by atoms with Crippen LogP contribution in [0.25, 0.3) is 10.9 Å². The molecule has 1 amide bonds. The maximum absolute atomic E-state index is 12.5. The van der Waals surface area contributed by atoms with Crippen molar-refractivity contribution < 1.29 is 24.5 Å². The van der Waals surface area contributed by atoms with Gasteiger partial charge in [-0.15, -0.1) is 6.58 Å². The quantitative estimate of drug-likeness (QED) is 0.397. The summed E-state index contributed by atoms with van der Waals surface area (Å²) in [5, 5.41) is 22.7. The fourth-order valence-electron chi connectivity index (χ4n) is 4.47. The van der Waals surface area contributed by atoms with Crippen LogP contribution in [0.5, 0.6) is 5.75 Å². The van der Waals surface area contributed by atoms with E-state index in [2.05, 4.69) is 31.2 Å². The van der Waals surface area contributed by atoms with Gasteiger partial charge >= 0.3 is 6.09 Å². The third-order valence-electron chi connectivity index (χ3n) is 6.65. The number of fused-ring (bicyclic) bond motifs is 1. The maximum Gasteiger partial charge on any atom is 0.409 e. The van der Waals surface area contributed by atoms with Gasteiger partial charge in [-0.3, -0.25) is 4.98 Å². The predicted octanol–water partition coefficient (Wildman–Crippen LogP) is 4.63. The number of benzene rings is 1. The van der Waals surface area contributed by atoms with Crippen molar-refractivity contribution >= 4 is 25.1 Å². The fourth-order valence-corrected chi connectivity index (χ4v) is 5.18. The van der Waals surface area contributed by atoms with Crippen LogP contribution in [-0.2, 0) is 4.74 Å². The van der Waals surface area contributed by atoms with E-state index in [0.717, 1.165) is 16.9 Å². The Hall–Kier alpha value is -2.42. The summed E-state index contributed by atoms with van der Waals surface area (Å²) in [6.07, 6.45) is 2.31. The molecule has 186 valence electrons. The van der Waals surface area contributed by atoms with E-state index in [4.69, 9.17) is 9.47 Å². The summed E-state index contributed by atoms with van der Waals surface area (Å²) in [6.45, 7) is 12.3. The highest BCUT2D eigenvalue weighted by Crippen LogP contribution is 2.34. The third kappa shape index (κ3) is 6.58. The number of methoxy groups -OCH3 is 1. The van der Waals surface area contributed by atoms with Crippen LogP contribution >= 0.6 is 0 Å². The number of carbonyl (C=O) groups excluding carboxylic acids is 1. The monoisotopic (exact) mass is 486 g/mol. The van der Waals surface area contributed by atoms with Crippen LogP contribution in [0.15, 0.2) is 43.1 Å². The molecule has 1 aliphatic rings. The van der Waals surface area contributed by atoms with Gasteiger partial charge in [-0.05, 0) is 60.6 Å². The average Bonchev–Trinajstić information content (AvgIpc) is 2.82. The number of piperidine rings is 1. The lowest BCUT2D eigenvalue weighted by Crippen LogP contribution is -2.44. The van der Waals surface area contributed by atoms with Gasteiger partial charge in [-0.2, -0.15) is 0 Å². The summed E-state index contributed by atoms with van der Waals surface area (Å²) in [5.41, 5.74) is 1.35. The van der Waals surface area contributed by atoms with Gasteiger partial charge in [0, 0.05) is 32.7 Å². The highest BCUT2D eigenvalue weighted by atomic mass is 28.3. The average molecular weight is 487 g/mol. The van der Waals surface area contributed by atoms with E-state index < -0.39 is 20.3 Å². The van der Waals surface area contributed by atoms with Crippen LogP contribution in [-0.4, -0.2) is 67.2 Å². The largest absolute Gasteiger partial charge is 0.497 e. The first kappa shape index (κ1) is 26.2. The number of nitrogens with zero attached hydrogens (tertiary/aromatic N) is 2. The van der Waals surface area contributed by atoms with Crippen molar-refractivity contribution in [2.45, 2.75) is 50.7 Å². The lowest BCUT2D eigenvalue weighted by atomic mass is 9.80. The molecule has 7 nitrogen and oxygen atoms in total. The lowest BCUT2D eigenvalue weighted by molar-refractivity contribution is -0.00797. The van der Waals surface area contributed by atoms with Gasteiger partial charge in [-0.1, -0.05) is 25.7 Å². The molecule has 0 unspecified atom stereocenters. The Morgan fingerprint density at radius 2 is 2.09 bits per heavy atom. The van der Waals surface area contributed by atoms with E-state index in [9.17, 15) is 15.0 Å². The first-order valence-electron chi connectivity index (χ1n) is 12.0. The number of likely N-dealkylation sites (tertiary alicyclic amines) is 1. The fraction of sp³-hybridized carbons (Fsp3) is 0.538. The second-order valence-corrected chi connectivity index (χ2v) is 16.0. The second-order valence-electron chi connectivity index (χ2n) is 10.4. The molecule has 1 fully saturated rings. The first-order valence-corrected chi connectivity index (χ1v) is 15.7. The zero-order valence-corrected chi connectivity index (χ0v) is 21.7. The first-order chi connectivity index (χ1) is 16.1. The Bertz CT molecular complexity index is 993. The van der Waals surface area contributed by atoms with Crippen molar-refractivity contribution in [2.75, 3.05) is 26.8 Å². The van der Waals surface area contributed by atoms with Crippen molar-refractivity contribution in [2.24, 2.45) is 11.8 Å². The van der Waals surface area contributed by atoms with Crippen LogP contribution in [0, 0.1) is 11.8 Å². The van der Waals surface area contributed by atoms with E-state index in [1.807, 2.05) is 24.3 Å². The summed E-state index contributed by atoms with van der Waals surface area (Å²) in [6, 6.07) is 8.16. The molecule has 2 N–H and O–H groups in total. The minimum Gasteiger partial charge on any atom is -0.497 e. The van der Waals surface area contributed by atoms with E-state index in [1.165, 1.54) is 0 Å². The number of rotatable bonds is 9. The van der Waals surface area contributed by atoms with Crippen molar-refractivity contribution in [3.8, 4) is 5.75 Å². The van der Waals surface area contributed by atoms with Gasteiger partial charge in [0.25, 0.3) is 0 Å². The van der Waals surface area contributed by atoms with Crippen LogP contribution in [0.1, 0.15) is 24.5 Å². The molecule has 0 spiro atoms.